The smallest absolute Gasteiger partial charge is 0.338 e. The van der Waals surface area contributed by atoms with E-state index in [2.05, 4.69) is 4.90 Å². The lowest BCUT2D eigenvalue weighted by atomic mass is 10.1. The zero-order valence-corrected chi connectivity index (χ0v) is 18.3. The zero-order valence-electron chi connectivity index (χ0n) is 18.3. The molecule has 7 heteroatoms. The van der Waals surface area contributed by atoms with Crippen LogP contribution in [0.3, 0.4) is 0 Å². The van der Waals surface area contributed by atoms with Gasteiger partial charge in [0.25, 0.3) is 0 Å². The standard InChI is InChI=1S/C25H29NO6/c1-29-23-8-5-19(17-27)14-24(23)31-21-6-7-22(15-21)32-25(28)20-4-2-3-18(13-20)16-26-9-11-30-12-10-26/h2-5,8,13-14,17,21-22H,6-7,9-12,15-16H2,1H3. The molecule has 0 amide bonds. The number of ether oxygens (including phenoxy) is 4. The van der Waals surface area contributed by atoms with Gasteiger partial charge >= 0.3 is 5.97 Å². The molecular weight excluding hydrogens is 410 g/mol. The average molecular weight is 440 g/mol. The van der Waals surface area contributed by atoms with E-state index in [1.54, 1.807) is 31.4 Å². The summed E-state index contributed by atoms with van der Waals surface area (Å²) in [6.45, 7) is 4.10. The zero-order chi connectivity index (χ0) is 22.3. The van der Waals surface area contributed by atoms with Gasteiger partial charge in [0, 0.05) is 31.6 Å². The van der Waals surface area contributed by atoms with E-state index in [4.69, 9.17) is 18.9 Å². The van der Waals surface area contributed by atoms with Gasteiger partial charge in [-0.25, -0.2) is 4.79 Å². The minimum Gasteiger partial charge on any atom is -0.493 e. The molecule has 2 aromatic rings. The highest BCUT2D eigenvalue weighted by atomic mass is 16.6. The highest BCUT2D eigenvalue weighted by Crippen LogP contribution is 2.33. The molecule has 1 saturated heterocycles. The summed E-state index contributed by atoms with van der Waals surface area (Å²) in [5.41, 5.74) is 2.19. The van der Waals surface area contributed by atoms with Crippen molar-refractivity contribution in [1.29, 1.82) is 0 Å². The van der Waals surface area contributed by atoms with Gasteiger partial charge < -0.3 is 18.9 Å². The molecule has 2 aliphatic rings. The Morgan fingerprint density at radius 1 is 1.09 bits per heavy atom. The molecule has 1 heterocycles. The van der Waals surface area contributed by atoms with Gasteiger partial charge in [-0.15, -0.1) is 0 Å². The maximum atomic E-state index is 12.7. The maximum absolute atomic E-state index is 12.7. The highest BCUT2D eigenvalue weighted by Gasteiger charge is 2.30. The van der Waals surface area contributed by atoms with E-state index in [0.717, 1.165) is 57.5 Å². The fourth-order valence-electron chi connectivity index (χ4n) is 4.19. The third kappa shape index (κ3) is 5.66. The van der Waals surface area contributed by atoms with Gasteiger partial charge in [-0.1, -0.05) is 12.1 Å². The van der Waals surface area contributed by atoms with Crippen LogP contribution in [0.15, 0.2) is 42.5 Å². The van der Waals surface area contributed by atoms with Crippen LogP contribution in [-0.4, -0.2) is 62.8 Å². The normalized spacial score (nSPS) is 21.2. The molecule has 1 aliphatic heterocycles. The van der Waals surface area contributed by atoms with Crippen molar-refractivity contribution in [2.75, 3.05) is 33.4 Å². The molecule has 0 bridgehead atoms. The van der Waals surface area contributed by atoms with Crippen LogP contribution in [-0.2, 0) is 16.0 Å². The Labute approximate surface area is 188 Å². The van der Waals surface area contributed by atoms with Crippen molar-refractivity contribution in [2.45, 2.75) is 38.0 Å². The second kappa shape index (κ2) is 10.6. The topological polar surface area (TPSA) is 74.3 Å². The molecule has 0 aromatic heterocycles. The number of carbonyl (C=O) groups is 2. The van der Waals surface area contributed by atoms with Crippen LogP contribution in [0.4, 0.5) is 0 Å². The summed E-state index contributed by atoms with van der Waals surface area (Å²) in [5, 5.41) is 0. The van der Waals surface area contributed by atoms with E-state index in [1.807, 2.05) is 18.2 Å². The number of nitrogens with zero attached hydrogens (tertiary/aromatic N) is 1. The quantitative estimate of drug-likeness (QED) is 0.460. The molecule has 2 aromatic carbocycles. The number of esters is 1. The number of morpholine rings is 1. The van der Waals surface area contributed by atoms with E-state index in [-0.39, 0.29) is 18.2 Å². The van der Waals surface area contributed by atoms with Crippen LogP contribution in [0.1, 0.15) is 45.5 Å². The van der Waals surface area contributed by atoms with Crippen LogP contribution in [0.2, 0.25) is 0 Å². The van der Waals surface area contributed by atoms with Gasteiger partial charge in [0.2, 0.25) is 0 Å². The number of carbonyl (C=O) groups excluding carboxylic acids is 2. The van der Waals surface area contributed by atoms with Gasteiger partial charge in [0.1, 0.15) is 18.5 Å². The van der Waals surface area contributed by atoms with Gasteiger partial charge in [-0.2, -0.15) is 0 Å². The van der Waals surface area contributed by atoms with Crippen molar-refractivity contribution < 1.29 is 28.5 Å². The van der Waals surface area contributed by atoms with Crippen LogP contribution in [0.5, 0.6) is 11.5 Å². The molecule has 2 unspecified atom stereocenters. The number of benzene rings is 2. The summed E-state index contributed by atoms with van der Waals surface area (Å²) in [7, 11) is 1.56. The Morgan fingerprint density at radius 2 is 1.91 bits per heavy atom. The molecule has 32 heavy (non-hydrogen) atoms. The van der Waals surface area contributed by atoms with E-state index >= 15 is 0 Å². The molecule has 1 aliphatic carbocycles. The monoisotopic (exact) mass is 439 g/mol. The third-order valence-electron chi connectivity index (χ3n) is 5.90. The molecule has 0 radical (unpaired) electrons. The van der Waals surface area contributed by atoms with E-state index in [1.165, 1.54) is 0 Å². The minimum atomic E-state index is -0.306. The number of methoxy groups -OCH3 is 1. The summed E-state index contributed by atoms with van der Waals surface area (Å²) in [4.78, 5) is 26.1. The highest BCUT2D eigenvalue weighted by molar-refractivity contribution is 5.89. The lowest BCUT2D eigenvalue weighted by molar-refractivity contribution is 0.0290. The van der Waals surface area contributed by atoms with E-state index in [0.29, 0.717) is 29.0 Å². The predicted octanol–water partition coefficient (Wildman–Crippen LogP) is 3.50. The summed E-state index contributed by atoms with van der Waals surface area (Å²) in [6.07, 6.45) is 2.59. The Morgan fingerprint density at radius 3 is 2.69 bits per heavy atom. The van der Waals surface area contributed by atoms with Crippen molar-refractivity contribution in [2.24, 2.45) is 0 Å². The minimum absolute atomic E-state index is 0.101. The van der Waals surface area contributed by atoms with Crippen LogP contribution in [0.25, 0.3) is 0 Å². The van der Waals surface area contributed by atoms with Crippen molar-refractivity contribution in [3.8, 4) is 11.5 Å². The fourth-order valence-corrected chi connectivity index (χ4v) is 4.19. The van der Waals surface area contributed by atoms with Gasteiger partial charge in [0.05, 0.1) is 25.9 Å². The second-order valence-corrected chi connectivity index (χ2v) is 8.20. The lowest BCUT2D eigenvalue weighted by Gasteiger charge is -2.26. The van der Waals surface area contributed by atoms with Crippen LogP contribution < -0.4 is 9.47 Å². The van der Waals surface area contributed by atoms with Crippen LogP contribution >= 0.6 is 0 Å². The van der Waals surface area contributed by atoms with Crippen LogP contribution in [0, 0.1) is 0 Å². The molecule has 170 valence electrons. The maximum Gasteiger partial charge on any atom is 0.338 e. The lowest BCUT2D eigenvalue weighted by Crippen LogP contribution is -2.35. The van der Waals surface area contributed by atoms with Crippen molar-refractivity contribution in [1.82, 2.24) is 4.90 Å². The molecule has 2 fully saturated rings. The summed E-state index contributed by atoms with van der Waals surface area (Å²) in [6, 6.07) is 12.7. The van der Waals surface area contributed by atoms with Gasteiger partial charge in [-0.05, 0) is 48.7 Å². The molecule has 4 rings (SSSR count). The summed E-state index contributed by atoms with van der Waals surface area (Å²) in [5.74, 6) is 0.804. The number of hydrogen-bond donors (Lipinski definition) is 0. The molecular formula is C25H29NO6. The molecule has 7 nitrogen and oxygen atoms in total. The second-order valence-electron chi connectivity index (χ2n) is 8.20. The van der Waals surface area contributed by atoms with Crippen molar-refractivity contribution in [3.63, 3.8) is 0 Å². The summed E-state index contributed by atoms with van der Waals surface area (Å²) >= 11 is 0. The predicted molar refractivity (Wildman–Crippen MR) is 118 cm³/mol. The van der Waals surface area contributed by atoms with E-state index in [9.17, 15) is 9.59 Å². The van der Waals surface area contributed by atoms with Crippen molar-refractivity contribution in [3.05, 3.63) is 59.2 Å². The molecule has 2 atom stereocenters. The molecule has 0 N–H and O–H groups in total. The number of rotatable bonds is 8. The molecule has 1 saturated carbocycles. The Bertz CT molecular complexity index is 940. The van der Waals surface area contributed by atoms with E-state index < -0.39 is 0 Å². The summed E-state index contributed by atoms with van der Waals surface area (Å²) < 4.78 is 22.6. The van der Waals surface area contributed by atoms with Crippen molar-refractivity contribution >= 4 is 12.3 Å². The first kappa shape index (κ1) is 22.3. The Hall–Kier alpha value is -2.90. The Balaban J connectivity index is 1.32. The number of aldehydes is 1. The first-order chi connectivity index (χ1) is 15.6. The molecule has 0 spiro atoms. The first-order valence-corrected chi connectivity index (χ1v) is 11.0. The van der Waals surface area contributed by atoms with Gasteiger partial charge in [0.15, 0.2) is 11.5 Å². The average Bonchev–Trinajstić information content (AvgIpc) is 3.26. The largest absolute Gasteiger partial charge is 0.493 e. The fraction of sp³-hybridized carbons (Fsp3) is 0.440. The first-order valence-electron chi connectivity index (χ1n) is 11.0. The Kier molecular flexibility index (Phi) is 7.39. The van der Waals surface area contributed by atoms with Gasteiger partial charge in [-0.3, -0.25) is 9.69 Å². The number of hydrogen-bond acceptors (Lipinski definition) is 7. The SMILES string of the molecule is COc1ccc(C=O)cc1OC1CCC(OC(=O)c2cccc(CN3CCOCC3)c2)C1. The third-order valence-corrected chi connectivity index (χ3v) is 5.90.